The van der Waals surface area contributed by atoms with Crippen LogP contribution in [0.5, 0.6) is 17.2 Å². The monoisotopic (exact) mass is 531 g/mol. The molecule has 1 atom stereocenters. The van der Waals surface area contributed by atoms with Gasteiger partial charge in [-0.3, -0.25) is 4.72 Å². The van der Waals surface area contributed by atoms with Crippen LogP contribution in [0.1, 0.15) is 12.0 Å². The largest absolute Gasteiger partial charge is 0.493 e. The van der Waals surface area contributed by atoms with E-state index in [-0.39, 0.29) is 23.3 Å². The van der Waals surface area contributed by atoms with Crippen LogP contribution in [0, 0.1) is 0 Å². The average molecular weight is 532 g/mol. The Morgan fingerprint density at radius 3 is 2.44 bits per heavy atom. The Hall–Kier alpha value is -2.98. The van der Waals surface area contributed by atoms with Crippen molar-refractivity contribution in [2.45, 2.75) is 24.0 Å². The molecule has 192 valence electrons. The molecule has 4 rings (SSSR count). The minimum absolute atomic E-state index is 0.0151. The second-order valence-electron chi connectivity index (χ2n) is 8.58. The second-order valence-corrected chi connectivity index (χ2v) is 10.6. The molecule has 0 saturated carbocycles. The van der Waals surface area contributed by atoms with Crippen LogP contribution in [0.3, 0.4) is 0 Å². The van der Waals surface area contributed by atoms with Gasteiger partial charge in [0.15, 0.2) is 11.5 Å². The molecule has 3 N–H and O–H groups in total. The molecule has 10 heteroatoms. The van der Waals surface area contributed by atoms with E-state index in [4.69, 9.17) is 31.5 Å². The normalized spacial score (nSPS) is 16.1. The van der Waals surface area contributed by atoms with E-state index in [2.05, 4.69) is 9.62 Å². The van der Waals surface area contributed by atoms with Crippen molar-refractivity contribution in [2.75, 3.05) is 39.1 Å². The molecule has 3 aromatic rings. The highest BCUT2D eigenvalue weighted by Crippen LogP contribution is 2.43. The van der Waals surface area contributed by atoms with Crippen LogP contribution in [-0.4, -0.2) is 53.8 Å². The van der Waals surface area contributed by atoms with E-state index < -0.39 is 10.0 Å². The van der Waals surface area contributed by atoms with Crippen LogP contribution in [0.2, 0.25) is 5.02 Å². The van der Waals surface area contributed by atoms with Gasteiger partial charge < -0.3 is 24.8 Å². The van der Waals surface area contributed by atoms with E-state index in [0.29, 0.717) is 38.9 Å². The maximum atomic E-state index is 13.9. The van der Waals surface area contributed by atoms with E-state index in [1.54, 1.807) is 24.3 Å². The Labute approximate surface area is 217 Å². The summed E-state index contributed by atoms with van der Waals surface area (Å²) < 4.78 is 47.5. The van der Waals surface area contributed by atoms with Crippen LogP contribution in [0.25, 0.3) is 11.1 Å². The molecule has 1 fully saturated rings. The molecule has 1 heterocycles. The highest BCUT2D eigenvalue weighted by atomic mass is 35.5. The van der Waals surface area contributed by atoms with Gasteiger partial charge in [-0.15, -0.1) is 0 Å². The quantitative estimate of drug-likeness (QED) is 0.422. The van der Waals surface area contributed by atoms with Gasteiger partial charge in [-0.05, 0) is 37.2 Å². The van der Waals surface area contributed by atoms with E-state index in [1.807, 2.05) is 37.4 Å². The first-order valence-corrected chi connectivity index (χ1v) is 13.3. The molecule has 0 spiro atoms. The summed E-state index contributed by atoms with van der Waals surface area (Å²) in [6.45, 7) is 1.62. The number of nitrogens with one attached hydrogen (secondary N) is 1. The molecule has 0 aliphatic carbocycles. The number of likely N-dealkylation sites (N-methyl/N-ethyl adjacent to an activating group) is 1. The molecule has 0 unspecified atom stereocenters. The Balaban J connectivity index is 1.79. The number of nitrogens with zero attached hydrogens (tertiary/aromatic N) is 1. The molecule has 8 nitrogen and oxygen atoms in total. The summed E-state index contributed by atoms with van der Waals surface area (Å²) in [6, 6.07) is 15.6. The maximum absolute atomic E-state index is 13.9. The third-order valence-electron chi connectivity index (χ3n) is 6.10. The third kappa shape index (κ3) is 5.39. The van der Waals surface area contributed by atoms with Gasteiger partial charge in [-0.1, -0.05) is 41.9 Å². The van der Waals surface area contributed by atoms with Crippen molar-refractivity contribution in [3.8, 4) is 28.4 Å². The van der Waals surface area contributed by atoms with Crippen LogP contribution < -0.4 is 24.7 Å². The van der Waals surface area contributed by atoms with Gasteiger partial charge in [0.05, 0.1) is 24.9 Å². The first-order chi connectivity index (χ1) is 17.3. The lowest BCUT2D eigenvalue weighted by molar-refractivity contribution is 0.208. The molecule has 1 saturated heterocycles. The van der Waals surface area contributed by atoms with Gasteiger partial charge in [0, 0.05) is 36.8 Å². The topological polar surface area (TPSA) is 103 Å². The molecule has 0 bridgehead atoms. The summed E-state index contributed by atoms with van der Waals surface area (Å²) in [5, 5.41) is 0.409. The summed E-state index contributed by atoms with van der Waals surface area (Å²) in [5.41, 5.74) is 7.83. The van der Waals surface area contributed by atoms with Crippen LogP contribution in [0.4, 0.5) is 5.69 Å². The average Bonchev–Trinajstić information content (AvgIpc) is 3.29. The summed E-state index contributed by atoms with van der Waals surface area (Å²) in [5.74, 6) is 1.08. The summed E-state index contributed by atoms with van der Waals surface area (Å²) in [6.07, 6.45) is 0.855. The lowest BCUT2D eigenvalue weighted by Crippen LogP contribution is -2.22. The molecular formula is C26H30ClN3O5S. The van der Waals surface area contributed by atoms with E-state index in [0.717, 1.165) is 19.5 Å². The highest BCUT2D eigenvalue weighted by Gasteiger charge is 2.29. The number of benzene rings is 3. The number of likely N-dealkylation sites (tertiary alicyclic amines) is 1. The zero-order chi connectivity index (χ0) is 25.9. The van der Waals surface area contributed by atoms with Gasteiger partial charge in [-0.25, -0.2) is 8.42 Å². The Kier molecular flexibility index (Phi) is 7.94. The van der Waals surface area contributed by atoms with Gasteiger partial charge in [0.2, 0.25) is 0 Å². The Morgan fingerprint density at radius 1 is 1.08 bits per heavy atom. The summed E-state index contributed by atoms with van der Waals surface area (Å²) >= 11 is 6.36. The second kappa shape index (κ2) is 11.0. The van der Waals surface area contributed by atoms with Gasteiger partial charge in [0.25, 0.3) is 10.0 Å². The molecule has 1 aliphatic heterocycles. The van der Waals surface area contributed by atoms with Crippen molar-refractivity contribution in [3.05, 3.63) is 65.2 Å². The van der Waals surface area contributed by atoms with Gasteiger partial charge >= 0.3 is 0 Å². The fourth-order valence-electron chi connectivity index (χ4n) is 4.41. The SMILES string of the molecule is COc1cc(-c2ccccc2)c(S(=O)(=O)Nc2ccc(Cl)c(O[C@@H]3CCN(C)C3)c2)c(CN)c1OC. The highest BCUT2D eigenvalue weighted by molar-refractivity contribution is 7.93. The van der Waals surface area contributed by atoms with Crippen molar-refractivity contribution in [2.24, 2.45) is 5.73 Å². The molecule has 36 heavy (non-hydrogen) atoms. The molecule has 0 aromatic heterocycles. The third-order valence-corrected chi connectivity index (χ3v) is 7.92. The predicted molar refractivity (Wildman–Crippen MR) is 142 cm³/mol. The number of halogens is 1. The molecule has 0 amide bonds. The lowest BCUT2D eigenvalue weighted by Gasteiger charge is -2.21. The van der Waals surface area contributed by atoms with E-state index in [1.165, 1.54) is 14.2 Å². The summed E-state index contributed by atoms with van der Waals surface area (Å²) in [7, 11) is 0.843. The summed E-state index contributed by atoms with van der Waals surface area (Å²) in [4.78, 5) is 2.19. The lowest BCUT2D eigenvalue weighted by atomic mass is 10.0. The van der Waals surface area contributed by atoms with Crippen LogP contribution in [-0.2, 0) is 16.6 Å². The molecule has 3 aromatic carbocycles. The van der Waals surface area contributed by atoms with Crippen LogP contribution >= 0.6 is 11.6 Å². The van der Waals surface area contributed by atoms with E-state index in [9.17, 15) is 8.42 Å². The molecule has 1 aliphatic rings. The first-order valence-electron chi connectivity index (χ1n) is 11.5. The predicted octanol–water partition coefficient (Wildman–Crippen LogP) is 4.37. The zero-order valence-corrected chi connectivity index (χ0v) is 22.0. The minimum atomic E-state index is -4.13. The van der Waals surface area contributed by atoms with Gasteiger partial charge in [0.1, 0.15) is 16.7 Å². The van der Waals surface area contributed by atoms with Crippen molar-refractivity contribution in [3.63, 3.8) is 0 Å². The van der Waals surface area contributed by atoms with Crippen molar-refractivity contribution in [1.82, 2.24) is 4.90 Å². The van der Waals surface area contributed by atoms with Crippen molar-refractivity contribution < 1.29 is 22.6 Å². The number of nitrogens with two attached hydrogens (primary N) is 1. The smallest absolute Gasteiger partial charge is 0.262 e. The number of hydrogen-bond donors (Lipinski definition) is 2. The number of sulfonamides is 1. The number of anilines is 1. The van der Waals surface area contributed by atoms with Crippen LogP contribution in [0.15, 0.2) is 59.5 Å². The number of hydrogen-bond acceptors (Lipinski definition) is 7. The standard InChI is InChI=1S/C26H30ClN3O5S/c1-30-12-11-19(16-30)35-23-13-18(9-10-22(23)27)29-36(31,32)26-20(17-7-5-4-6-8-17)14-24(33-2)25(34-3)21(26)15-28/h4-10,13-14,19,29H,11-12,15-16,28H2,1-3H3/t19-/m1/s1. The van der Waals surface area contributed by atoms with Gasteiger partial charge in [-0.2, -0.15) is 0 Å². The number of methoxy groups -OCH3 is 2. The number of ether oxygens (including phenoxy) is 3. The molecular weight excluding hydrogens is 502 g/mol. The Bertz CT molecular complexity index is 1340. The fourth-order valence-corrected chi connectivity index (χ4v) is 6.08. The minimum Gasteiger partial charge on any atom is -0.493 e. The van der Waals surface area contributed by atoms with E-state index >= 15 is 0 Å². The zero-order valence-electron chi connectivity index (χ0n) is 20.5. The maximum Gasteiger partial charge on any atom is 0.262 e. The first kappa shape index (κ1) is 26.1. The number of rotatable bonds is 9. The van der Waals surface area contributed by atoms with Crippen molar-refractivity contribution >= 4 is 27.3 Å². The van der Waals surface area contributed by atoms with Crippen molar-refractivity contribution in [1.29, 1.82) is 0 Å². The molecule has 0 radical (unpaired) electrons. The fraction of sp³-hybridized carbons (Fsp3) is 0.308. The Morgan fingerprint density at radius 2 is 1.83 bits per heavy atom.